The number of likely N-dealkylation sites (N-methyl/N-ethyl adjacent to an activating group) is 1. The summed E-state index contributed by atoms with van der Waals surface area (Å²) in [4.78, 5) is 25.1. The molecule has 1 saturated heterocycles. The summed E-state index contributed by atoms with van der Waals surface area (Å²) in [6, 6.07) is 4.12. The number of aryl methyl sites for hydroxylation is 1. The van der Waals surface area contributed by atoms with Crippen molar-refractivity contribution in [2.75, 3.05) is 25.9 Å². The highest BCUT2D eigenvalue weighted by Crippen LogP contribution is 2.18. The summed E-state index contributed by atoms with van der Waals surface area (Å²) in [6.07, 6.45) is 4.09. The van der Waals surface area contributed by atoms with Crippen LogP contribution in [0.4, 0.5) is 5.82 Å². The standard InChI is InChI=1S/C17H23N5OS/c1-21(11-16-19-7-4-15(18)20-16)14-5-8-22(10-14)17(23)3-2-13-6-9-24-12-13/h4,6-7,9,12,14H,2-3,5,8,10-11H2,1H3,(H2,18,19,20)/t14-/m1/s1. The molecule has 0 bridgehead atoms. The molecule has 0 saturated carbocycles. The van der Waals surface area contributed by atoms with Crippen LogP contribution in [-0.4, -0.2) is 51.9 Å². The molecule has 1 atom stereocenters. The Kier molecular flexibility index (Phi) is 5.42. The lowest BCUT2D eigenvalue weighted by Crippen LogP contribution is -2.36. The van der Waals surface area contributed by atoms with E-state index in [9.17, 15) is 4.79 Å². The predicted molar refractivity (Wildman–Crippen MR) is 95.5 cm³/mol. The van der Waals surface area contributed by atoms with Gasteiger partial charge in [-0.2, -0.15) is 11.3 Å². The highest BCUT2D eigenvalue weighted by molar-refractivity contribution is 7.07. The molecule has 7 heteroatoms. The van der Waals surface area contributed by atoms with Gasteiger partial charge in [0, 0.05) is 31.7 Å². The first-order valence-corrected chi connectivity index (χ1v) is 9.12. The highest BCUT2D eigenvalue weighted by Gasteiger charge is 2.28. The van der Waals surface area contributed by atoms with Crippen molar-refractivity contribution in [1.29, 1.82) is 0 Å². The SMILES string of the molecule is CN(Cc1nccc(N)n1)[C@@H]1CCN(C(=O)CCc2ccsc2)C1. The lowest BCUT2D eigenvalue weighted by Gasteiger charge is -2.24. The van der Waals surface area contributed by atoms with Crippen LogP contribution in [0, 0.1) is 0 Å². The van der Waals surface area contributed by atoms with Crippen LogP contribution in [-0.2, 0) is 17.8 Å². The third kappa shape index (κ3) is 4.30. The Hall–Kier alpha value is -1.99. The van der Waals surface area contributed by atoms with Crippen molar-refractivity contribution in [3.05, 3.63) is 40.5 Å². The predicted octanol–water partition coefficient (Wildman–Crippen LogP) is 1.79. The van der Waals surface area contributed by atoms with Crippen molar-refractivity contribution in [1.82, 2.24) is 19.8 Å². The summed E-state index contributed by atoms with van der Waals surface area (Å²) in [5.41, 5.74) is 6.95. The van der Waals surface area contributed by atoms with Gasteiger partial charge >= 0.3 is 0 Å². The van der Waals surface area contributed by atoms with E-state index in [1.807, 2.05) is 4.90 Å². The minimum Gasteiger partial charge on any atom is -0.384 e. The molecule has 0 aliphatic carbocycles. The zero-order valence-corrected chi connectivity index (χ0v) is 14.7. The van der Waals surface area contributed by atoms with Gasteiger partial charge in [-0.15, -0.1) is 0 Å². The topological polar surface area (TPSA) is 75.4 Å². The third-order valence-corrected chi connectivity index (χ3v) is 5.20. The van der Waals surface area contributed by atoms with E-state index in [1.54, 1.807) is 23.6 Å². The lowest BCUT2D eigenvalue weighted by molar-refractivity contribution is -0.130. The van der Waals surface area contributed by atoms with Crippen LogP contribution in [0.25, 0.3) is 0 Å². The van der Waals surface area contributed by atoms with Crippen LogP contribution < -0.4 is 5.73 Å². The Labute approximate surface area is 146 Å². The van der Waals surface area contributed by atoms with Gasteiger partial charge in [0.25, 0.3) is 0 Å². The number of carbonyl (C=O) groups is 1. The Morgan fingerprint density at radius 2 is 2.38 bits per heavy atom. The summed E-state index contributed by atoms with van der Waals surface area (Å²) in [6.45, 7) is 2.25. The Morgan fingerprint density at radius 1 is 1.50 bits per heavy atom. The van der Waals surface area contributed by atoms with Crippen LogP contribution in [0.1, 0.15) is 24.2 Å². The first kappa shape index (κ1) is 16.9. The average molecular weight is 345 g/mol. The van der Waals surface area contributed by atoms with Crippen LogP contribution in [0.2, 0.25) is 0 Å². The number of aromatic nitrogens is 2. The molecule has 6 nitrogen and oxygen atoms in total. The zero-order valence-electron chi connectivity index (χ0n) is 13.9. The molecule has 0 radical (unpaired) electrons. The minimum atomic E-state index is 0.248. The Balaban J connectivity index is 1.48. The van der Waals surface area contributed by atoms with Crippen LogP contribution in [0.3, 0.4) is 0 Å². The number of hydrogen-bond acceptors (Lipinski definition) is 6. The normalized spacial score (nSPS) is 17.6. The monoisotopic (exact) mass is 345 g/mol. The van der Waals surface area contributed by atoms with Crippen molar-refractivity contribution >= 4 is 23.1 Å². The van der Waals surface area contributed by atoms with E-state index in [2.05, 4.69) is 38.7 Å². The molecule has 1 aliphatic rings. The van der Waals surface area contributed by atoms with Gasteiger partial charge in [-0.3, -0.25) is 9.69 Å². The minimum absolute atomic E-state index is 0.248. The van der Waals surface area contributed by atoms with E-state index in [1.165, 1.54) is 5.56 Å². The van der Waals surface area contributed by atoms with Crippen LogP contribution in [0.15, 0.2) is 29.1 Å². The number of amides is 1. The number of nitrogen functional groups attached to an aromatic ring is 1. The molecule has 2 aromatic rings. The number of anilines is 1. The number of likely N-dealkylation sites (tertiary alicyclic amines) is 1. The molecule has 2 N–H and O–H groups in total. The molecule has 0 unspecified atom stereocenters. The van der Waals surface area contributed by atoms with Crippen molar-refractivity contribution in [2.24, 2.45) is 0 Å². The summed E-state index contributed by atoms with van der Waals surface area (Å²) < 4.78 is 0. The third-order valence-electron chi connectivity index (χ3n) is 4.46. The number of nitrogens with two attached hydrogens (primary N) is 1. The summed E-state index contributed by atoms with van der Waals surface area (Å²) in [7, 11) is 2.05. The number of hydrogen-bond donors (Lipinski definition) is 1. The van der Waals surface area contributed by atoms with Gasteiger partial charge in [-0.05, 0) is 48.3 Å². The second-order valence-corrected chi connectivity index (χ2v) is 7.01. The van der Waals surface area contributed by atoms with Crippen molar-refractivity contribution < 1.29 is 4.79 Å². The van der Waals surface area contributed by atoms with Gasteiger partial charge in [0.1, 0.15) is 11.6 Å². The maximum absolute atomic E-state index is 12.4. The average Bonchev–Trinajstić information content (AvgIpc) is 3.24. The van der Waals surface area contributed by atoms with E-state index in [-0.39, 0.29) is 5.91 Å². The fourth-order valence-corrected chi connectivity index (χ4v) is 3.72. The first-order valence-electron chi connectivity index (χ1n) is 8.18. The smallest absolute Gasteiger partial charge is 0.222 e. The van der Waals surface area contributed by atoms with Crippen molar-refractivity contribution in [2.45, 2.75) is 31.8 Å². The molecule has 1 fully saturated rings. The van der Waals surface area contributed by atoms with Crippen LogP contribution in [0.5, 0.6) is 0 Å². The maximum atomic E-state index is 12.4. The zero-order chi connectivity index (χ0) is 16.9. The molecule has 2 aromatic heterocycles. The molecule has 3 rings (SSSR count). The summed E-state index contributed by atoms with van der Waals surface area (Å²) >= 11 is 1.68. The second-order valence-electron chi connectivity index (χ2n) is 6.23. The van der Waals surface area contributed by atoms with Crippen molar-refractivity contribution in [3.63, 3.8) is 0 Å². The molecule has 1 aliphatic heterocycles. The number of carbonyl (C=O) groups excluding carboxylic acids is 1. The van der Waals surface area contributed by atoms with E-state index in [0.717, 1.165) is 31.8 Å². The molecular weight excluding hydrogens is 322 g/mol. The number of thiophene rings is 1. The van der Waals surface area contributed by atoms with Crippen LogP contribution >= 0.6 is 11.3 Å². The van der Waals surface area contributed by atoms with Gasteiger partial charge in [-0.25, -0.2) is 9.97 Å². The highest BCUT2D eigenvalue weighted by atomic mass is 32.1. The fourth-order valence-electron chi connectivity index (χ4n) is 3.02. The second kappa shape index (κ2) is 7.72. The molecular formula is C17H23N5OS. The molecule has 128 valence electrons. The maximum Gasteiger partial charge on any atom is 0.222 e. The molecule has 3 heterocycles. The van der Waals surface area contributed by atoms with E-state index < -0.39 is 0 Å². The van der Waals surface area contributed by atoms with E-state index >= 15 is 0 Å². The van der Waals surface area contributed by atoms with Gasteiger partial charge < -0.3 is 10.6 Å². The van der Waals surface area contributed by atoms with Gasteiger partial charge in [0.2, 0.25) is 5.91 Å². The van der Waals surface area contributed by atoms with Gasteiger partial charge in [0.05, 0.1) is 6.54 Å². The Bertz CT molecular complexity index is 675. The number of rotatable bonds is 6. The van der Waals surface area contributed by atoms with Crippen molar-refractivity contribution in [3.8, 4) is 0 Å². The lowest BCUT2D eigenvalue weighted by atomic mass is 10.2. The van der Waals surface area contributed by atoms with Gasteiger partial charge in [-0.1, -0.05) is 0 Å². The molecule has 24 heavy (non-hydrogen) atoms. The number of nitrogens with zero attached hydrogens (tertiary/aromatic N) is 4. The summed E-state index contributed by atoms with van der Waals surface area (Å²) in [5, 5.41) is 4.17. The van der Waals surface area contributed by atoms with E-state index in [0.29, 0.717) is 24.8 Å². The molecule has 0 aromatic carbocycles. The van der Waals surface area contributed by atoms with Gasteiger partial charge in [0.15, 0.2) is 0 Å². The first-order chi connectivity index (χ1) is 11.6. The summed E-state index contributed by atoms with van der Waals surface area (Å²) in [5.74, 6) is 1.46. The Morgan fingerprint density at radius 3 is 3.12 bits per heavy atom. The fraction of sp³-hybridized carbons (Fsp3) is 0.471. The molecule has 1 amide bonds. The molecule has 0 spiro atoms. The van der Waals surface area contributed by atoms with E-state index in [4.69, 9.17) is 5.73 Å². The quantitative estimate of drug-likeness (QED) is 0.864. The largest absolute Gasteiger partial charge is 0.384 e.